The second kappa shape index (κ2) is 16.6. The van der Waals surface area contributed by atoms with E-state index in [1.807, 2.05) is 97.1 Å². The fourth-order valence-electron chi connectivity index (χ4n) is 7.23. The van der Waals surface area contributed by atoms with Crippen molar-refractivity contribution in [1.82, 2.24) is 15.1 Å². The van der Waals surface area contributed by atoms with E-state index >= 15 is 0 Å². The van der Waals surface area contributed by atoms with Crippen molar-refractivity contribution in [3.63, 3.8) is 0 Å². The zero-order valence-corrected chi connectivity index (χ0v) is 29.2. The molecular formula is C42H45N3O7. The summed E-state index contributed by atoms with van der Waals surface area (Å²) in [7, 11) is 0. The van der Waals surface area contributed by atoms with Crippen molar-refractivity contribution < 1.29 is 33.7 Å². The van der Waals surface area contributed by atoms with Gasteiger partial charge in [0.2, 0.25) is 5.91 Å². The molecule has 0 bridgehead atoms. The summed E-state index contributed by atoms with van der Waals surface area (Å²) in [5.74, 6) is -0.808. The van der Waals surface area contributed by atoms with Gasteiger partial charge in [0.15, 0.2) is 6.29 Å². The highest BCUT2D eigenvalue weighted by Crippen LogP contribution is 2.39. The Morgan fingerprint density at radius 3 is 2.29 bits per heavy atom. The maximum atomic E-state index is 13.2. The molecule has 0 radical (unpaired) electrons. The third-order valence-electron chi connectivity index (χ3n) is 10.0. The first-order valence-electron chi connectivity index (χ1n) is 18.2. The predicted molar refractivity (Wildman–Crippen MR) is 194 cm³/mol. The number of likely N-dealkylation sites (tertiary alicyclic amines) is 2. The van der Waals surface area contributed by atoms with E-state index < -0.39 is 24.3 Å². The molecule has 0 spiro atoms. The van der Waals surface area contributed by atoms with Crippen LogP contribution in [0.4, 0.5) is 4.79 Å². The van der Waals surface area contributed by atoms with Gasteiger partial charge < -0.3 is 29.5 Å². The Hall–Kier alpha value is -4.87. The van der Waals surface area contributed by atoms with Crippen LogP contribution in [-0.2, 0) is 43.6 Å². The van der Waals surface area contributed by atoms with Crippen LogP contribution in [0.2, 0.25) is 0 Å². The Morgan fingerprint density at radius 2 is 1.52 bits per heavy atom. The molecule has 4 atom stereocenters. The Kier molecular flexibility index (Phi) is 11.4. The lowest BCUT2D eigenvalue weighted by molar-refractivity contribution is -0.253. The second-order valence-electron chi connectivity index (χ2n) is 13.8. The van der Waals surface area contributed by atoms with Gasteiger partial charge in [0.25, 0.3) is 5.91 Å². The number of ether oxygens (including phenoxy) is 3. The third kappa shape index (κ3) is 8.77. The average Bonchev–Trinajstić information content (AvgIpc) is 3.45. The Bertz CT molecular complexity index is 1840. The quantitative estimate of drug-likeness (QED) is 0.172. The fraction of sp³-hybridized carbons (Fsp3) is 0.357. The number of piperidine rings is 1. The minimum atomic E-state index is -0.971. The summed E-state index contributed by atoms with van der Waals surface area (Å²) in [4.78, 5) is 42.2. The number of nitrogens with zero attached hydrogens (tertiary/aromatic N) is 2. The summed E-state index contributed by atoms with van der Waals surface area (Å²) >= 11 is 0. The molecular weight excluding hydrogens is 658 g/mol. The second-order valence-corrected chi connectivity index (χ2v) is 13.8. The molecule has 3 saturated heterocycles. The molecule has 4 aromatic carbocycles. The largest absolute Gasteiger partial charge is 0.445 e. The number of carbonyl (C=O) groups excluding carboxylic acids is 3. The number of aliphatic hydroxyl groups excluding tert-OH is 1. The number of imide groups is 1. The van der Waals surface area contributed by atoms with Crippen LogP contribution in [0.15, 0.2) is 103 Å². The number of aliphatic hydroxyl groups is 1. The number of alkyl carbamates (subject to hydrolysis) is 1. The predicted octanol–water partition coefficient (Wildman–Crippen LogP) is 6.43. The molecule has 3 amide bonds. The van der Waals surface area contributed by atoms with Crippen molar-refractivity contribution in [1.29, 1.82) is 0 Å². The number of nitrogens with one attached hydrogen (secondary N) is 1. The molecule has 3 aliphatic rings. The topological polar surface area (TPSA) is 118 Å². The molecule has 10 heteroatoms. The van der Waals surface area contributed by atoms with E-state index in [1.165, 1.54) is 24.2 Å². The average molecular weight is 704 g/mol. The first-order chi connectivity index (χ1) is 25.4. The van der Waals surface area contributed by atoms with E-state index in [1.54, 1.807) is 0 Å². The number of amides is 3. The molecule has 10 nitrogen and oxygen atoms in total. The molecule has 7 rings (SSSR count). The van der Waals surface area contributed by atoms with Crippen LogP contribution in [0.1, 0.15) is 72.3 Å². The van der Waals surface area contributed by atoms with Crippen LogP contribution < -0.4 is 5.32 Å². The summed E-state index contributed by atoms with van der Waals surface area (Å²) in [6.45, 7) is 3.17. The van der Waals surface area contributed by atoms with Gasteiger partial charge in [0.1, 0.15) is 12.6 Å². The number of carbonyl (C=O) groups is 3. The van der Waals surface area contributed by atoms with Gasteiger partial charge in [-0.05, 0) is 71.4 Å². The molecule has 270 valence electrons. The van der Waals surface area contributed by atoms with Crippen molar-refractivity contribution in [2.75, 3.05) is 19.6 Å². The SMILES string of the molecule is O=C(NC1CC(=O)N(Cc2cccc(-c3cccc(C4OC(CN5CCCCC5)CC(c5ccc(CO)cc5)O4)c3)c2)C1=O)OCc1ccccc1. The van der Waals surface area contributed by atoms with Crippen molar-refractivity contribution in [2.45, 2.75) is 76.4 Å². The van der Waals surface area contributed by atoms with Crippen molar-refractivity contribution in [3.8, 4) is 11.1 Å². The first-order valence-corrected chi connectivity index (χ1v) is 18.2. The molecule has 0 aliphatic carbocycles. The summed E-state index contributed by atoms with van der Waals surface area (Å²) in [5, 5.41) is 12.1. The van der Waals surface area contributed by atoms with Crippen LogP contribution in [0.25, 0.3) is 11.1 Å². The normalized spacial score (nSPS) is 22.4. The minimum absolute atomic E-state index is 0.00248. The molecule has 4 unspecified atom stereocenters. The van der Waals surface area contributed by atoms with Crippen molar-refractivity contribution in [2.24, 2.45) is 0 Å². The van der Waals surface area contributed by atoms with Crippen LogP contribution in [0.3, 0.4) is 0 Å². The maximum Gasteiger partial charge on any atom is 0.408 e. The molecule has 52 heavy (non-hydrogen) atoms. The highest BCUT2D eigenvalue weighted by atomic mass is 16.7. The van der Waals surface area contributed by atoms with Crippen molar-refractivity contribution >= 4 is 17.9 Å². The van der Waals surface area contributed by atoms with Crippen molar-refractivity contribution in [3.05, 3.63) is 131 Å². The summed E-state index contributed by atoms with van der Waals surface area (Å²) in [5.41, 5.74) is 6.31. The Labute approximate surface area is 304 Å². The van der Waals surface area contributed by atoms with Gasteiger partial charge in [-0.3, -0.25) is 14.5 Å². The molecule has 0 aromatic heterocycles. The number of hydrogen-bond donors (Lipinski definition) is 2. The number of rotatable bonds is 11. The van der Waals surface area contributed by atoms with Gasteiger partial charge in [-0.1, -0.05) is 97.4 Å². The van der Waals surface area contributed by atoms with Gasteiger partial charge >= 0.3 is 6.09 Å². The molecule has 2 N–H and O–H groups in total. The summed E-state index contributed by atoms with van der Waals surface area (Å²) < 4.78 is 18.5. The Morgan fingerprint density at radius 1 is 0.788 bits per heavy atom. The standard InChI is InChI=1S/C42H45N3O7/c46-27-29-15-17-32(18-16-29)38-23-36(26-44-19-5-2-6-20-44)51-41(52-38)35-14-8-13-34(22-35)33-12-7-11-31(21-33)25-45-39(47)24-37(40(45)48)43-42(49)50-28-30-9-3-1-4-10-30/h1,3-4,7-18,21-22,36-38,41,46H,2,5-6,19-20,23-28H2,(H,43,49). The van der Waals surface area contributed by atoms with E-state index in [4.69, 9.17) is 14.2 Å². The zero-order chi connectivity index (χ0) is 35.9. The smallest absolute Gasteiger partial charge is 0.408 e. The number of benzene rings is 4. The van der Waals surface area contributed by atoms with E-state index in [-0.39, 0.29) is 44.3 Å². The third-order valence-corrected chi connectivity index (χ3v) is 10.0. The monoisotopic (exact) mass is 703 g/mol. The van der Waals surface area contributed by atoms with Crippen LogP contribution in [-0.4, -0.2) is 64.6 Å². The van der Waals surface area contributed by atoms with E-state index in [0.29, 0.717) is 0 Å². The van der Waals surface area contributed by atoms with E-state index in [0.717, 1.165) is 65.0 Å². The van der Waals surface area contributed by atoms with Crippen LogP contribution in [0, 0.1) is 0 Å². The fourth-order valence-corrected chi connectivity index (χ4v) is 7.23. The van der Waals surface area contributed by atoms with Gasteiger partial charge in [0, 0.05) is 18.5 Å². The highest BCUT2D eigenvalue weighted by Gasteiger charge is 2.40. The minimum Gasteiger partial charge on any atom is -0.445 e. The van der Waals surface area contributed by atoms with Gasteiger partial charge in [0.05, 0.1) is 31.8 Å². The Balaban J connectivity index is 1.03. The molecule has 4 aromatic rings. The summed E-state index contributed by atoms with van der Waals surface area (Å²) in [6, 6.07) is 32.1. The van der Waals surface area contributed by atoms with Gasteiger partial charge in [-0.2, -0.15) is 0 Å². The molecule has 3 fully saturated rings. The first kappa shape index (κ1) is 35.5. The lowest BCUT2D eigenvalue weighted by atomic mass is 9.98. The van der Waals surface area contributed by atoms with Crippen LogP contribution >= 0.6 is 0 Å². The lowest BCUT2D eigenvalue weighted by Crippen LogP contribution is -2.41. The highest BCUT2D eigenvalue weighted by molar-refractivity contribution is 6.06. The zero-order valence-electron chi connectivity index (χ0n) is 29.2. The van der Waals surface area contributed by atoms with E-state index in [2.05, 4.69) is 16.3 Å². The van der Waals surface area contributed by atoms with Gasteiger partial charge in [-0.15, -0.1) is 0 Å². The van der Waals surface area contributed by atoms with Crippen LogP contribution in [0.5, 0.6) is 0 Å². The maximum absolute atomic E-state index is 13.2. The van der Waals surface area contributed by atoms with E-state index in [9.17, 15) is 19.5 Å². The molecule has 3 aliphatic heterocycles. The summed E-state index contributed by atoms with van der Waals surface area (Å²) in [6.07, 6.45) is 2.84. The van der Waals surface area contributed by atoms with Gasteiger partial charge in [-0.25, -0.2) is 4.79 Å². The molecule has 0 saturated carbocycles. The molecule has 3 heterocycles. The lowest BCUT2D eigenvalue weighted by Gasteiger charge is -2.39. The number of hydrogen-bond acceptors (Lipinski definition) is 8.